The SMILES string of the molecule is CC(C)CN1C=NN(C)C1C(Cl)(Cl)Cl. The van der Waals surface area contributed by atoms with E-state index in [0.29, 0.717) is 5.92 Å². The van der Waals surface area contributed by atoms with E-state index in [0.717, 1.165) is 6.54 Å². The first kappa shape index (κ1) is 12.2. The lowest BCUT2D eigenvalue weighted by atomic mass is 10.2. The van der Waals surface area contributed by atoms with Gasteiger partial charge in [-0.05, 0) is 5.92 Å². The van der Waals surface area contributed by atoms with E-state index in [-0.39, 0.29) is 6.17 Å². The molecule has 0 aliphatic carbocycles. The summed E-state index contributed by atoms with van der Waals surface area (Å²) in [5.41, 5.74) is 0. The van der Waals surface area contributed by atoms with Gasteiger partial charge >= 0.3 is 0 Å². The van der Waals surface area contributed by atoms with E-state index in [2.05, 4.69) is 18.9 Å². The smallest absolute Gasteiger partial charge is 0.230 e. The Morgan fingerprint density at radius 1 is 1.43 bits per heavy atom. The summed E-state index contributed by atoms with van der Waals surface area (Å²) in [6, 6.07) is 0. The van der Waals surface area contributed by atoms with E-state index in [9.17, 15) is 0 Å². The monoisotopic (exact) mass is 257 g/mol. The van der Waals surface area contributed by atoms with Crippen LogP contribution in [0.3, 0.4) is 0 Å². The van der Waals surface area contributed by atoms with Crippen LogP contribution < -0.4 is 0 Å². The van der Waals surface area contributed by atoms with Crippen molar-refractivity contribution in [3.8, 4) is 0 Å². The summed E-state index contributed by atoms with van der Waals surface area (Å²) in [5, 5.41) is 5.76. The van der Waals surface area contributed by atoms with Gasteiger partial charge in [0.25, 0.3) is 0 Å². The fourth-order valence-corrected chi connectivity index (χ4v) is 2.26. The zero-order valence-corrected chi connectivity index (χ0v) is 10.7. The Hall–Kier alpha value is 0.140. The largest absolute Gasteiger partial charge is 0.336 e. The summed E-state index contributed by atoms with van der Waals surface area (Å²) in [7, 11) is 1.80. The minimum absolute atomic E-state index is 0.310. The van der Waals surface area contributed by atoms with Gasteiger partial charge in [-0.1, -0.05) is 48.7 Å². The van der Waals surface area contributed by atoms with Gasteiger partial charge in [0.15, 0.2) is 6.17 Å². The molecular weight excluding hydrogens is 244 g/mol. The van der Waals surface area contributed by atoms with E-state index in [1.165, 1.54) is 0 Å². The summed E-state index contributed by atoms with van der Waals surface area (Å²) in [5.74, 6) is 0.503. The standard InChI is InChI=1S/C8H14Cl3N3/c1-6(2)4-14-5-12-13(3)7(14)8(9,10)11/h5-7H,4H2,1-3H3. The molecule has 3 nitrogen and oxygen atoms in total. The first-order valence-corrected chi connectivity index (χ1v) is 5.55. The molecule has 82 valence electrons. The van der Waals surface area contributed by atoms with Crippen LogP contribution in [0.5, 0.6) is 0 Å². The van der Waals surface area contributed by atoms with Crippen molar-refractivity contribution in [1.82, 2.24) is 9.91 Å². The lowest BCUT2D eigenvalue weighted by molar-refractivity contribution is 0.154. The molecule has 0 amide bonds. The Bertz CT molecular complexity index is 224. The second-order valence-electron chi connectivity index (χ2n) is 3.81. The van der Waals surface area contributed by atoms with Gasteiger partial charge in [0.05, 0.1) is 0 Å². The van der Waals surface area contributed by atoms with Gasteiger partial charge in [-0.3, -0.25) is 5.01 Å². The molecule has 0 spiro atoms. The summed E-state index contributed by atoms with van der Waals surface area (Å²) >= 11 is 17.6. The predicted octanol–water partition coefficient (Wildman–Crippen LogP) is 2.53. The highest BCUT2D eigenvalue weighted by molar-refractivity contribution is 6.68. The number of nitrogens with zero attached hydrogens (tertiary/aromatic N) is 3. The average Bonchev–Trinajstić information content (AvgIpc) is 2.28. The van der Waals surface area contributed by atoms with Crippen LogP contribution in [-0.2, 0) is 0 Å². The molecule has 0 fully saturated rings. The Balaban J connectivity index is 2.71. The van der Waals surface area contributed by atoms with Crippen LogP contribution in [0, 0.1) is 5.92 Å². The van der Waals surface area contributed by atoms with Gasteiger partial charge in [-0.2, -0.15) is 5.10 Å². The van der Waals surface area contributed by atoms with Crippen molar-refractivity contribution in [2.24, 2.45) is 11.0 Å². The van der Waals surface area contributed by atoms with Crippen molar-refractivity contribution in [3.63, 3.8) is 0 Å². The topological polar surface area (TPSA) is 18.8 Å². The van der Waals surface area contributed by atoms with Crippen LogP contribution in [0.1, 0.15) is 13.8 Å². The first-order chi connectivity index (χ1) is 6.32. The quantitative estimate of drug-likeness (QED) is 0.709. The van der Waals surface area contributed by atoms with Crippen molar-refractivity contribution in [2.75, 3.05) is 13.6 Å². The van der Waals surface area contributed by atoms with Crippen molar-refractivity contribution < 1.29 is 0 Å². The lowest BCUT2D eigenvalue weighted by Crippen LogP contribution is -2.48. The van der Waals surface area contributed by atoms with Crippen LogP contribution in [0.4, 0.5) is 0 Å². The minimum Gasteiger partial charge on any atom is -0.336 e. The molecule has 0 saturated carbocycles. The third-order valence-electron chi connectivity index (χ3n) is 1.92. The number of hydrogen-bond donors (Lipinski definition) is 0. The van der Waals surface area contributed by atoms with Gasteiger partial charge in [0, 0.05) is 13.6 Å². The average molecular weight is 259 g/mol. The Morgan fingerprint density at radius 3 is 2.43 bits per heavy atom. The van der Waals surface area contributed by atoms with Crippen LogP contribution in [0.25, 0.3) is 0 Å². The highest BCUT2D eigenvalue weighted by atomic mass is 35.6. The molecule has 1 heterocycles. The number of rotatable bonds is 2. The van der Waals surface area contributed by atoms with Crippen molar-refractivity contribution >= 4 is 41.1 Å². The Morgan fingerprint density at radius 2 is 2.00 bits per heavy atom. The molecule has 14 heavy (non-hydrogen) atoms. The summed E-state index contributed by atoms with van der Waals surface area (Å²) < 4.78 is -1.35. The van der Waals surface area contributed by atoms with Crippen LogP contribution in [0.2, 0.25) is 0 Å². The molecule has 1 rings (SSSR count). The third-order valence-corrected chi connectivity index (χ3v) is 2.50. The van der Waals surface area contributed by atoms with E-state index in [1.807, 2.05) is 4.90 Å². The molecule has 0 aromatic rings. The third kappa shape index (κ3) is 2.81. The molecule has 1 atom stereocenters. The highest BCUT2D eigenvalue weighted by Crippen LogP contribution is 2.36. The molecule has 0 aromatic heterocycles. The van der Waals surface area contributed by atoms with Gasteiger partial charge in [-0.25, -0.2) is 0 Å². The molecule has 0 N–H and O–H groups in total. The molecule has 1 aliphatic rings. The Labute approximate surface area is 99.6 Å². The maximum absolute atomic E-state index is 5.88. The minimum atomic E-state index is -1.35. The van der Waals surface area contributed by atoms with Gasteiger partial charge < -0.3 is 4.90 Å². The maximum Gasteiger partial charge on any atom is 0.230 e. The molecule has 1 aliphatic heterocycles. The van der Waals surface area contributed by atoms with Crippen LogP contribution >= 0.6 is 34.8 Å². The summed E-state index contributed by atoms with van der Waals surface area (Å²) in [6.45, 7) is 5.05. The van der Waals surface area contributed by atoms with Crippen molar-refractivity contribution in [3.05, 3.63) is 0 Å². The molecular formula is C8H14Cl3N3. The fourth-order valence-electron chi connectivity index (χ4n) is 1.46. The number of hydrogen-bond acceptors (Lipinski definition) is 3. The van der Waals surface area contributed by atoms with E-state index < -0.39 is 3.79 Å². The lowest BCUT2D eigenvalue weighted by Gasteiger charge is -2.34. The summed E-state index contributed by atoms with van der Waals surface area (Å²) in [4.78, 5) is 1.94. The Kier molecular flexibility index (Phi) is 3.78. The van der Waals surface area contributed by atoms with Crippen molar-refractivity contribution in [2.45, 2.75) is 23.8 Å². The maximum atomic E-state index is 5.88. The zero-order chi connectivity index (χ0) is 10.9. The second kappa shape index (κ2) is 4.33. The van der Waals surface area contributed by atoms with Gasteiger partial charge in [0.2, 0.25) is 3.79 Å². The predicted molar refractivity (Wildman–Crippen MR) is 61.9 cm³/mol. The molecule has 1 unspecified atom stereocenters. The van der Waals surface area contributed by atoms with E-state index in [4.69, 9.17) is 34.8 Å². The molecule has 6 heteroatoms. The number of hydrazone groups is 1. The van der Waals surface area contributed by atoms with E-state index in [1.54, 1.807) is 18.4 Å². The second-order valence-corrected chi connectivity index (χ2v) is 6.18. The van der Waals surface area contributed by atoms with Crippen molar-refractivity contribution in [1.29, 1.82) is 0 Å². The molecule has 0 aromatic carbocycles. The first-order valence-electron chi connectivity index (χ1n) is 4.41. The van der Waals surface area contributed by atoms with Gasteiger partial charge in [-0.15, -0.1) is 0 Å². The van der Waals surface area contributed by atoms with Crippen LogP contribution in [-0.4, -0.2) is 39.8 Å². The van der Waals surface area contributed by atoms with Crippen LogP contribution in [0.15, 0.2) is 5.10 Å². The summed E-state index contributed by atoms with van der Waals surface area (Å²) in [6.07, 6.45) is 1.40. The van der Waals surface area contributed by atoms with E-state index >= 15 is 0 Å². The normalized spacial score (nSPS) is 22.6. The molecule has 0 saturated heterocycles. The van der Waals surface area contributed by atoms with Gasteiger partial charge in [0.1, 0.15) is 6.34 Å². The molecule has 0 bridgehead atoms. The fraction of sp³-hybridized carbons (Fsp3) is 0.875. The highest BCUT2D eigenvalue weighted by Gasteiger charge is 2.42. The molecule has 0 radical (unpaired) electrons. The number of alkyl halides is 3. The zero-order valence-electron chi connectivity index (χ0n) is 8.41. The number of halogens is 3.